The molecular formula is C13H24O12. The summed E-state index contributed by atoms with van der Waals surface area (Å²) in [7, 11) is 0. The van der Waals surface area contributed by atoms with E-state index in [0.717, 1.165) is 0 Å². The fourth-order valence-corrected chi connectivity index (χ4v) is 2.58. The predicted molar refractivity (Wildman–Crippen MR) is 74.6 cm³/mol. The smallest absolute Gasteiger partial charge is 0.189 e. The van der Waals surface area contributed by atoms with Gasteiger partial charge in [0.1, 0.15) is 48.8 Å². The molecule has 2 fully saturated rings. The number of ether oxygens (including phenoxy) is 4. The first-order chi connectivity index (χ1) is 11.8. The van der Waals surface area contributed by atoms with Crippen LogP contribution in [0.4, 0.5) is 0 Å². The third-order valence-corrected chi connectivity index (χ3v) is 4.16. The van der Waals surface area contributed by atoms with Gasteiger partial charge < -0.3 is 59.8 Å². The minimum atomic E-state index is -1.63. The Labute approximate surface area is 142 Å². The second-order valence-corrected chi connectivity index (χ2v) is 5.85. The molecule has 148 valence electrons. The molecule has 0 spiro atoms. The molecule has 12 heteroatoms. The van der Waals surface area contributed by atoms with Crippen LogP contribution in [-0.2, 0) is 18.9 Å². The molecule has 0 aromatic carbocycles. The highest BCUT2D eigenvalue weighted by atomic mass is 16.8. The van der Waals surface area contributed by atoms with Gasteiger partial charge in [0, 0.05) is 0 Å². The molecule has 2 aliphatic heterocycles. The highest BCUT2D eigenvalue weighted by Crippen LogP contribution is 2.24. The van der Waals surface area contributed by atoms with E-state index in [2.05, 4.69) is 0 Å². The van der Waals surface area contributed by atoms with Crippen molar-refractivity contribution in [3.05, 3.63) is 0 Å². The van der Waals surface area contributed by atoms with Gasteiger partial charge >= 0.3 is 0 Å². The van der Waals surface area contributed by atoms with E-state index in [4.69, 9.17) is 29.2 Å². The maximum atomic E-state index is 9.78. The van der Waals surface area contributed by atoms with Gasteiger partial charge in [-0.05, 0) is 0 Å². The van der Waals surface area contributed by atoms with Gasteiger partial charge in [0.2, 0.25) is 0 Å². The van der Waals surface area contributed by atoms with Crippen molar-refractivity contribution in [1.82, 2.24) is 0 Å². The van der Waals surface area contributed by atoms with Crippen molar-refractivity contribution in [2.24, 2.45) is 0 Å². The van der Waals surface area contributed by atoms with Crippen LogP contribution in [0.3, 0.4) is 0 Å². The fraction of sp³-hybridized carbons (Fsp3) is 1.00. The van der Waals surface area contributed by atoms with Crippen LogP contribution in [0.25, 0.3) is 0 Å². The number of aliphatic hydroxyl groups excluding tert-OH is 8. The van der Waals surface area contributed by atoms with Crippen molar-refractivity contribution in [3.63, 3.8) is 0 Å². The van der Waals surface area contributed by atoms with E-state index in [1.54, 1.807) is 0 Å². The second-order valence-electron chi connectivity index (χ2n) is 5.85. The third-order valence-electron chi connectivity index (χ3n) is 4.16. The number of hydrogen-bond acceptors (Lipinski definition) is 12. The first-order valence-electron chi connectivity index (χ1n) is 7.66. The van der Waals surface area contributed by atoms with Crippen LogP contribution in [0.1, 0.15) is 0 Å². The Balaban J connectivity index is 1.87. The number of aliphatic hydroxyl groups is 8. The Bertz CT molecular complexity index is 370. The van der Waals surface area contributed by atoms with Gasteiger partial charge in [-0.15, -0.1) is 0 Å². The topological polar surface area (TPSA) is 199 Å². The first-order valence-corrected chi connectivity index (χ1v) is 7.66. The van der Waals surface area contributed by atoms with Gasteiger partial charge in [0.25, 0.3) is 0 Å². The Hall–Kier alpha value is -0.480. The van der Waals surface area contributed by atoms with E-state index in [-0.39, 0.29) is 0 Å². The molecular weight excluding hydrogens is 348 g/mol. The lowest BCUT2D eigenvalue weighted by molar-refractivity contribution is -0.351. The normalized spacial score (nSPS) is 48.5. The zero-order valence-electron chi connectivity index (χ0n) is 13.1. The standard InChI is InChI=1S/C13H24O12/c14-1-4-6(16)8(18)10(20)12(24-4)22-3-23-13-11(21)9(19)7(17)5(2-15)25-13/h4-21H,1-3H2/t4-,5-,6-,7-,8+,9+,10-,11-,12?,13?/m1/s1. The summed E-state index contributed by atoms with van der Waals surface area (Å²) in [6.07, 6.45) is -14.8. The number of rotatable bonds is 6. The van der Waals surface area contributed by atoms with Gasteiger partial charge in [-0.3, -0.25) is 0 Å². The molecule has 0 aromatic heterocycles. The molecule has 8 N–H and O–H groups in total. The quantitative estimate of drug-likeness (QED) is 0.206. The molecule has 0 bridgehead atoms. The van der Waals surface area contributed by atoms with Crippen LogP contribution in [0.2, 0.25) is 0 Å². The van der Waals surface area contributed by atoms with Gasteiger partial charge in [0.05, 0.1) is 13.2 Å². The lowest BCUT2D eigenvalue weighted by atomic mass is 9.99. The Kier molecular flexibility index (Phi) is 7.45. The molecule has 2 saturated heterocycles. The van der Waals surface area contributed by atoms with Crippen LogP contribution < -0.4 is 0 Å². The Morgan fingerprint density at radius 2 is 0.920 bits per heavy atom. The maximum Gasteiger partial charge on any atom is 0.189 e. The molecule has 0 aliphatic carbocycles. The van der Waals surface area contributed by atoms with Gasteiger partial charge in [-0.2, -0.15) is 0 Å². The average Bonchev–Trinajstić information content (AvgIpc) is 2.61. The molecule has 2 heterocycles. The molecule has 25 heavy (non-hydrogen) atoms. The molecule has 2 unspecified atom stereocenters. The van der Waals surface area contributed by atoms with Crippen LogP contribution in [-0.4, -0.2) is 122 Å². The summed E-state index contributed by atoms with van der Waals surface area (Å²) in [4.78, 5) is 0. The van der Waals surface area contributed by atoms with Crippen LogP contribution in [0.5, 0.6) is 0 Å². The molecule has 0 radical (unpaired) electrons. The van der Waals surface area contributed by atoms with Crippen molar-refractivity contribution in [3.8, 4) is 0 Å². The van der Waals surface area contributed by atoms with E-state index in [1.165, 1.54) is 0 Å². The average molecular weight is 372 g/mol. The van der Waals surface area contributed by atoms with Crippen LogP contribution in [0.15, 0.2) is 0 Å². The molecule has 0 saturated carbocycles. The van der Waals surface area contributed by atoms with Crippen molar-refractivity contribution in [2.75, 3.05) is 20.0 Å². The summed E-state index contributed by atoms with van der Waals surface area (Å²) in [6, 6.07) is 0. The van der Waals surface area contributed by atoms with Crippen molar-refractivity contribution in [1.29, 1.82) is 0 Å². The fourth-order valence-electron chi connectivity index (χ4n) is 2.58. The molecule has 12 nitrogen and oxygen atoms in total. The summed E-state index contributed by atoms with van der Waals surface area (Å²) in [5, 5.41) is 76.2. The summed E-state index contributed by atoms with van der Waals surface area (Å²) in [5.74, 6) is 0. The summed E-state index contributed by atoms with van der Waals surface area (Å²) in [6.45, 7) is -1.89. The minimum absolute atomic E-state index is 0.627. The zero-order valence-corrected chi connectivity index (χ0v) is 13.1. The van der Waals surface area contributed by atoms with Crippen molar-refractivity contribution >= 4 is 0 Å². The highest BCUT2D eigenvalue weighted by Gasteiger charge is 2.46. The first kappa shape index (κ1) is 20.8. The lowest BCUT2D eigenvalue weighted by Gasteiger charge is -2.41. The van der Waals surface area contributed by atoms with E-state index >= 15 is 0 Å². The minimum Gasteiger partial charge on any atom is -0.394 e. The lowest BCUT2D eigenvalue weighted by Crippen LogP contribution is -2.60. The summed E-state index contributed by atoms with van der Waals surface area (Å²) < 4.78 is 20.3. The SMILES string of the molecule is OC[C@H]1OC(OCOC2O[C@H](CO)[C@@H](O)[C@H](O)[C@H]2O)[C@H](O)[C@@H](O)[C@@H]1O. The van der Waals surface area contributed by atoms with Crippen molar-refractivity contribution in [2.45, 2.75) is 61.4 Å². The monoisotopic (exact) mass is 372 g/mol. The van der Waals surface area contributed by atoms with E-state index in [1.807, 2.05) is 0 Å². The molecule has 0 aromatic rings. The second kappa shape index (κ2) is 8.94. The number of hydrogen-bond donors (Lipinski definition) is 8. The zero-order chi connectivity index (χ0) is 18.7. The van der Waals surface area contributed by atoms with Crippen LogP contribution in [0, 0.1) is 0 Å². The summed E-state index contributed by atoms with van der Waals surface area (Å²) >= 11 is 0. The van der Waals surface area contributed by atoms with Crippen LogP contribution >= 0.6 is 0 Å². The third kappa shape index (κ3) is 4.44. The van der Waals surface area contributed by atoms with Gasteiger partial charge in [-0.1, -0.05) is 0 Å². The predicted octanol–water partition coefficient (Wildman–Crippen LogP) is -5.42. The molecule has 2 aliphatic rings. The van der Waals surface area contributed by atoms with Gasteiger partial charge in [-0.25, -0.2) is 0 Å². The highest BCUT2D eigenvalue weighted by molar-refractivity contribution is 4.90. The van der Waals surface area contributed by atoms with Gasteiger partial charge in [0.15, 0.2) is 19.4 Å². The van der Waals surface area contributed by atoms with E-state index in [9.17, 15) is 30.6 Å². The van der Waals surface area contributed by atoms with E-state index in [0.29, 0.717) is 0 Å². The Morgan fingerprint density at radius 3 is 1.24 bits per heavy atom. The summed E-state index contributed by atoms with van der Waals surface area (Å²) in [5.41, 5.74) is 0. The largest absolute Gasteiger partial charge is 0.394 e. The van der Waals surface area contributed by atoms with Crippen molar-refractivity contribution < 1.29 is 59.8 Å². The molecule has 10 atom stereocenters. The molecule has 2 rings (SSSR count). The Morgan fingerprint density at radius 1 is 0.560 bits per heavy atom. The van der Waals surface area contributed by atoms with E-state index < -0.39 is 81.4 Å². The molecule has 0 amide bonds. The maximum absolute atomic E-state index is 9.78.